The van der Waals surface area contributed by atoms with E-state index >= 15 is 0 Å². The number of rotatable bonds is 4. The maximum absolute atomic E-state index is 2.36. The first-order chi connectivity index (χ1) is 3.81. The van der Waals surface area contributed by atoms with Gasteiger partial charge in [0.15, 0.2) is 0 Å². The summed E-state index contributed by atoms with van der Waals surface area (Å²) in [7, 11) is 1.48. The Morgan fingerprint density at radius 3 is 2.38 bits per heavy atom. The average molecular weight is 146 g/mol. The zero-order valence-electron chi connectivity index (χ0n) is 6.41. The van der Waals surface area contributed by atoms with E-state index in [0.29, 0.717) is 0 Å². The Labute approximate surface area is 57.5 Å². The van der Waals surface area contributed by atoms with Gasteiger partial charge in [0, 0.05) is 8.31 Å². The van der Waals surface area contributed by atoms with Crippen LogP contribution in [0, 0.1) is 0 Å². The summed E-state index contributed by atoms with van der Waals surface area (Å²) in [5, 5.41) is 0. The zero-order chi connectivity index (χ0) is 6.41. The van der Waals surface area contributed by atoms with Crippen LogP contribution in [-0.2, 0) is 0 Å². The van der Waals surface area contributed by atoms with Gasteiger partial charge in [-0.3, -0.25) is 0 Å². The molecule has 8 heavy (non-hydrogen) atoms. The van der Waals surface area contributed by atoms with Crippen LogP contribution >= 0.6 is 0 Å². The van der Waals surface area contributed by atoms with E-state index in [1.54, 1.807) is 21.8 Å². The minimum atomic E-state index is -0.0601. The van der Waals surface area contributed by atoms with Crippen molar-refractivity contribution in [1.82, 2.24) is 0 Å². The molecule has 0 aliphatic heterocycles. The summed E-state index contributed by atoms with van der Waals surface area (Å²) in [5.41, 5.74) is 0. The number of hydrogen-bond acceptors (Lipinski definition) is 0. The van der Waals surface area contributed by atoms with Crippen molar-refractivity contribution in [3.05, 3.63) is 0 Å². The third kappa shape index (κ3) is 4.59. The molecule has 1 atom stereocenters. The average Bonchev–Trinajstić information content (AvgIpc) is 1.83. The molecule has 0 aliphatic carbocycles. The highest BCUT2D eigenvalue weighted by molar-refractivity contribution is 7.03. The highest BCUT2D eigenvalue weighted by Crippen LogP contribution is 2.00. The van der Waals surface area contributed by atoms with Crippen molar-refractivity contribution in [3.63, 3.8) is 0 Å². The van der Waals surface area contributed by atoms with Crippen molar-refractivity contribution in [1.29, 1.82) is 0 Å². The van der Waals surface area contributed by atoms with E-state index in [1.807, 2.05) is 0 Å². The van der Waals surface area contributed by atoms with Crippen molar-refractivity contribution in [2.75, 3.05) is 0 Å². The lowest BCUT2D eigenvalue weighted by Crippen LogP contribution is -2.09. The lowest BCUT2D eigenvalue weighted by Gasteiger charge is -2.02. The predicted molar refractivity (Wildman–Crippen MR) is 47.3 cm³/mol. The van der Waals surface area contributed by atoms with Crippen LogP contribution in [-0.4, -0.2) is 18.1 Å². The molecule has 0 aromatic carbocycles. The Bertz CT molecular complexity index is 45.8. The van der Waals surface area contributed by atoms with Crippen LogP contribution in [0.2, 0.25) is 12.1 Å². The fourth-order valence-electron chi connectivity index (χ4n) is 0.757. The number of hydrogen-bond donors (Lipinski definition) is 0. The van der Waals surface area contributed by atoms with Gasteiger partial charge in [0.25, 0.3) is 0 Å². The summed E-state index contributed by atoms with van der Waals surface area (Å²) in [6, 6.07) is 3.17. The van der Waals surface area contributed by atoms with Gasteiger partial charge in [-0.05, 0) is 9.76 Å². The van der Waals surface area contributed by atoms with Gasteiger partial charge in [-0.2, -0.15) is 0 Å². The fourth-order valence-corrected chi connectivity index (χ4v) is 3.49. The Morgan fingerprint density at radius 2 is 2.00 bits per heavy atom. The van der Waals surface area contributed by atoms with Crippen molar-refractivity contribution >= 4 is 18.1 Å². The molecule has 1 unspecified atom stereocenters. The van der Waals surface area contributed by atoms with Crippen LogP contribution in [0.3, 0.4) is 0 Å². The Morgan fingerprint density at radius 1 is 1.38 bits per heavy atom. The molecule has 0 aromatic heterocycles. The van der Waals surface area contributed by atoms with Gasteiger partial charge < -0.3 is 0 Å². The van der Waals surface area contributed by atoms with Gasteiger partial charge in [0.2, 0.25) is 0 Å². The van der Waals surface area contributed by atoms with Gasteiger partial charge in [0.1, 0.15) is 0 Å². The highest BCUT2D eigenvalue weighted by Gasteiger charge is 1.96. The summed E-state index contributed by atoms with van der Waals surface area (Å²) >= 11 is 0. The first kappa shape index (κ1) is 8.43. The third-order valence-electron chi connectivity index (χ3n) is 1.75. The summed E-state index contributed by atoms with van der Waals surface area (Å²) in [6.07, 6.45) is 2.92. The maximum Gasteiger partial charge on any atom is 0.0199 e. The van der Waals surface area contributed by atoms with E-state index in [-0.39, 0.29) is 8.31 Å². The molecule has 0 rings (SSSR count). The van der Waals surface area contributed by atoms with Crippen molar-refractivity contribution in [3.8, 4) is 0 Å². The van der Waals surface area contributed by atoms with Crippen molar-refractivity contribution in [2.24, 2.45) is 0 Å². The van der Waals surface area contributed by atoms with Crippen LogP contribution in [0.25, 0.3) is 0 Å². The lowest BCUT2D eigenvalue weighted by atomic mass is 10.4. The second kappa shape index (κ2) is 5.57. The molecule has 0 heterocycles. The molecule has 2 heteroatoms. The fraction of sp³-hybridized carbons (Fsp3) is 1.00. The van der Waals surface area contributed by atoms with E-state index in [4.69, 9.17) is 0 Å². The minimum Gasteiger partial charge on any atom is -0.0683 e. The van der Waals surface area contributed by atoms with E-state index < -0.39 is 0 Å². The maximum atomic E-state index is 2.36. The molecular formula is C6H18Si2. The number of unbranched alkanes of at least 4 members (excludes halogenated alkanes) is 1. The normalized spacial score (nSPS) is 14.2. The zero-order valence-corrected chi connectivity index (χ0v) is 9.56. The molecule has 0 N–H and O–H groups in total. The molecule has 0 spiro atoms. The smallest absolute Gasteiger partial charge is 0.0199 e. The van der Waals surface area contributed by atoms with E-state index in [2.05, 4.69) is 13.8 Å². The molecule has 0 aromatic rings. The van der Waals surface area contributed by atoms with Crippen LogP contribution < -0.4 is 0 Å². The molecule has 0 bridgehead atoms. The van der Waals surface area contributed by atoms with Crippen molar-refractivity contribution < 1.29 is 0 Å². The van der Waals surface area contributed by atoms with E-state index in [9.17, 15) is 0 Å². The first-order valence-electron chi connectivity index (χ1n) is 3.81. The molecule has 0 aliphatic rings. The van der Waals surface area contributed by atoms with Crippen LogP contribution in [0.4, 0.5) is 0 Å². The quantitative estimate of drug-likeness (QED) is 0.517. The topological polar surface area (TPSA) is 0 Å². The van der Waals surface area contributed by atoms with Crippen LogP contribution in [0.15, 0.2) is 0 Å². The van der Waals surface area contributed by atoms with Crippen LogP contribution in [0.5, 0.6) is 0 Å². The van der Waals surface area contributed by atoms with Gasteiger partial charge >= 0.3 is 0 Å². The Balaban J connectivity index is 2.86. The lowest BCUT2D eigenvalue weighted by molar-refractivity contribution is 0.876. The second-order valence-electron chi connectivity index (χ2n) is 2.66. The predicted octanol–water partition coefficient (Wildman–Crippen LogP) is 0.896. The standard InChI is InChI=1S/C6H18Si2/c1-3-5-6-8(7)4-2/h8H,3-6H2,1-2,7H3. The largest absolute Gasteiger partial charge is 0.0683 e. The first-order valence-corrected chi connectivity index (χ1v) is 10.1. The summed E-state index contributed by atoms with van der Waals surface area (Å²) in [6.45, 7) is 4.65. The summed E-state index contributed by atoms with van der Waals surface area (Å²) in [4.78, 5) is 0. The van der Waals surface area contributed by atoms with Gasteiger partial charge in [-0.1, -0.05) is 38.8 Å². The Hall–Kier alpha value is 0.434. The monoisotopic (exact) mass is 146 g/mol. The molecule has 0 fully saturated rings. The Kier molecular flexibility index (Phi) is 5.87. The van der Waals surface area contributed by atoms with E-state index in [1.165, 1.54) is 12.8 Å². The van der Waals surface area contributed by atoms with Gasteiger partial charge in [-0.15, -0.1) is 0 Å². The molecule has 0 radical (unpaired) electrons. The highest BCUT2D eigenvalue weighted by atomic mass is 29.1. The van der Waals surface area contributed by atoms with Crippen molar-refractivity contribution in [2.45, 2.75) is 38.8 Å². The van der Waals surface area contributed by atoms with Gasteiger partial charge in [-0.25, -0.2) is 0 Å². The minimum absolute atomic E-state index is 0.0601. The summed E-state index contributed by atoms with van der Waals surface area (Å²) < 4.78 is 0. The third-order valence-corrected chi connectivity index (χ3v) is 8.72. The SMILES string of the molecule is CCCC[SiH]([SiH3])CC. The molecule has 0 nitrogen and oxygen atoms in total. The molecular weight excluding hydrogens is 128 g/mol. The molecule has 0 saturated heterocycles. The van der Waals surface area contributed by atoms with Crippen LogP contribution in [0.1, 0.15) is 26.7 Å². The summed E-state index contributed by atoms with van der Waals surface area (Å²) in [5.74, 6) is 0. The molecule has 0 amide bonds. The second-order valence-corrected chi connectivity index (χ2v) is 11.2. The van der Waals surface area contributed by atoms with Gasteiger partial charge in [0.05, 0.1) is 0 Å². The van der Waals surface area contributed by atoms with E-state index in [0.717, 1.165) is 0 Å². The molecule has 50 valence electrons. The molecule has 0 saturated carbocycles.